The van der Waals surface area contributed by atoms with Crippen LogP contribution in [-0.4, -0.2) is 4.57 Å². The highest BCUT2D eigenvalue weighted by Crippen LogP contribution is 2.45. The van der Waals surface area contributed by atoms with Gasteiger partial charge in [0.2, 0.25) is 0 Å². The van der Waals surface area contributed by atoms with Crippen molar-refractivity contribution in [3.05, 3.63) is 200 Å². The molecule has 0 aliphatic rings. The molecule has 0 aliphatic carbocycles. The Kier molecular flexibility index (Phi) is 8.33. The van der Waals surface area contributed by atoms with Gasteiger partial charge in [0.15, 0.2) is 0 Å². The number of aromatic nitrogens is 1. The predicted molar refractivity (Wildman–Crippen MR) is 243 cm³/mol. The number of nitrogens with zero attached hydrogens (tertiary/aromatic N) is 2. The number of hydrogen-bond acceptors (Lipinski definition) is 2. The van der Waals surface area contributed by atoms with Crippen LogP contribution in [0.4, 0.5) is 17.1 Å². The van der Waals surface area contributed by atoms with Gasteiger partial charge < -0.3 is 9.47 Å². The molecule has 2 nitrogen and oxygen atoms in total. The average molecular weight is 733 g/mol. The molecule has 0 spiro atoms. The molecular formula is C53H36N2S. The van der Waals surface area contributed by atoms with Gasteiger partial charge in [-0.15, -0.1) is 17.8 Å². The molecule has 264 valence electrons. The summed E-state index contributed by atoms with van der Waals surface area (Å²) in [7, 11) is 0. The predicted octanol–water partition coefficient (Wildman–Crippen LogP) is 15.0. The SMILES string of the molecule is C#C/C(=C\C=C(/C)n1c2ccccc2c2ccc3ccccc3c21)c1ccc(N(c2ccc(-c3ccccc3)cc2)c2cccc3sc4ccccc4c23)cc1. The number of para-hydroxylation sites is 1. The summed E-state index contributed by atoms with van der Waals surface area (Å²) in [5, 5.41) is 7.46. The van der Waals surface area contributed by atoms with Gasteiger partial charge in [-0.2, -0.15) is 0 Å². The maximum atomic E-state index is 6.25. The number of thiophene rings is 1. The van der Waals surface area contributed by atoms with Gasteiger partial charge in [0.05, 0.1) is 16.7 Å². The van der Waals surface area contributed by atoms with Crippen LogP contribution in [0, 0.1) is 12.3 Å². The van der Waals surface area contributed by atoms with E-state index < -0.39 is 0 Å². The van der Waals surface area contributed by atoms with Gasteiger partial charge in [0.1, 0.15) is 0 Å². The molecule has 0 amide bonds. The minimum atomic E-state index is 0.825. The molecule has 2 heterocycles. The van der Waals surface area contributed by atoms with Crippen molar-refractivity contribution in [3.63, 3.8) is 0 Å². The minimum Gasteiger partial charge on any atom is -0.313 e. The second-order valence-electron chi connectivity index (χ2n) is 14.1. The molecule has 0 atom stereocenters. The normalized spacial score (nSPS) is 12.2. The summed E-state index contributed by atoms with van der Waals surface area (Å²) in [5.41, 5.74) is 11.0. The quantitative estimate of drug-likeness (QED) is 0.117. The van der Waals surface area contributed by atoms with Crippen molar-refractivity contribution in [2.75, 3.05) is 4.90 Å². The van der Waals surface area contributed by atoms with Crippen molar-refractivity contribution < 1.29 is 0 Å². The molecule has 0 bridgehead atoms. The Bertz CT molecular complexity index is 3190. The largest absolute Gasteiger partial charge is 0.313 e. The number of terminal acetylenes is 1. The number of rotatable bonds is 7. The molecule has 0 radical (unpaired) electrons. The van der Waals surface area contributed by atoms with E-state index in [0.29, 0.717) is 0 Å². The van der Waals surface area contributed by atoms with E-state index in [-0.39, 0.29) is 0 Å². The lowest BCUT2D eigenvalue weighted by molar-refractivity contribution is 1.21. The summed E-state index contributed by atoms with van der Waals surface area (Å²) in [6.45, 7) is 2.16. The molecule has 0 saturated heterocycles. The number of hydrogen-bond donors (Lipinski definition) is 0. The highest BCUT2D eigenvalue weighted by molar-refractivity contribution is 7.26. The molecular weight excluding hydrogens is 697 g/mol. The monoisotopic (exact) mass is 732 g/mol. The van der Waals surface area contributed by atoms with Crippen molar-refractivity contribution in [2.45, 2.75) is 6.92 Å². The molecule has 3 heteroatoms. The van der Waals surface area contributed by atoms with Crippen molar-refractivity contribution in [1.82, 2.24) is 4.57 Å². The number of benzene rings is 8. The standard InChI is InChI=1S/C53H36N2S/c1-3-37(25-24-36(2)54-48-20-11-9-18-45(48)46-35-30-41-16-7-8-17-44(41)53(46)54)39-26-31-42(32-27-39)55(43-33-28-40(29-34-43)38-14-5-4-6-15-38)49-21-13-23-51-52(49)47-19-10-12-22-50(47)56-51/h1,4-35H,2H3/b36-24+,37-25+. The first-order chi connectivity index (χ1) is 27.7. The number of allylic oxidation sites excluding steroid dienone is 4. The molecule has 0 fully saturated rings. The van der Waals surface area contributed by atoms with Gasteiger partial charge in [-0.3, -0.25) is 0 Å². The van der Waals surface area contributed by atoms with Crippen LogP contribution in [0.2, 0.25) is 0 Å². The third-order valence-corrected chi connectivity index (χ3v) is 12.0. The lowest BCUT2D eigenvalue weighted by Gasteiger charge is -2.27. The van der Waals surface area contributed by atoms with Crippen molar-refractivity contribution in [3.8, 4) is 23.5 Å². The van der Waals surface area contributed by atoms with Crippen LogP contribution >= 0.6 is 11.3 Å². The zero-order chi connectivity index (χ0) is 37.6. The second-order valence-corrected chi connectivity index (χ2v) is 15.2. The second kappa shape index (κ2) is 13.9. The Balaban J connectivity index is 1.06. The fourth-order valence-corrected chi connectivity index (χ4v) is 9.32. The Labute approximate surface area is 330 Å². The van der Waals surface area contributed by atoms with E-state index in [1.165, 1.54) is 63.9 Å². The van der Waals surface area contributed by atoms with E-state index >= 15 is 0 Å². The maximum absolute atomic E-state index is 6.25. The van der Waals surface area contributed by atoms with Crippen molar-refractivity contribution >= 4 is 92.4 Å². The Hall–Kier alpha value is -7.12. The van der Waals surface area contributed by atoms with Gasteiger partial charge >= 0.3 is 0 Å². The smallest absolute Gasteiger partial charge is 0.0616 e. The van der Waals surface area contributed by atoms with Crippen LogP contribution in [0.15, 0.2) is 194 Å². The first kappa shape index (κ1) is 33.4. The minimum absolute atomic E-state index is 0.825. The van der Waals surface area contributed by atoms with Gasteiger partial charge in [-0.1, -0.05) is 139 Å². The topological polar surface area (TPSA) is 8.17 Å². The summed E-state index contributed by atoms with van der Waals surface area (Å²) in [6.07, 6.45) is 10.5. The summed E-state index contributed by atoms with van der Waals surface area (Å²) in [6, 6.07) is 65.1. The highest BCUT2D eigenvalue weighted by Gasteiger charge is 2.19. The Morgan fingerprint density at radius 3 is 1.98 bits per heavy atom. The lowest BCUT2D eigenvalue weighted by Crippen LogP contribution is -2.10. The Morgan fingerprint density at radius 1 is 0.554 bits per heavy atom. The molecule has 0 N–H and O–H groups in total. The molecule has 0 saturated carbocycles. The fraction of sp³-hybridized carbons (Fsp3) is 0.0189. The lowest BCUT2D eigenvalue weighted by atomic mass is 10.0. The van der Waals surface area contributed by atoms with E-state index in [9.17, 15) is 0 Å². The van der Waals surface area contributed by atoms with E-state index in [0.717, 1.165) is 33.9 Å². The van der Waals surface area contributed by atoms with Crippen LogP contribution in [0.3, 0.4) is 0 Å². The van der Waals surface area contributed by atoms with E-state index in [1.54, 1.807) is 0 Å². The van der Waals surface area contributed by atoms with Crippen LogP contribution in [0.25, 0.3) is 75.1 Å². The van der Waals surface area contributed by atoms with Gasteiger partial charge in [-0.05, 0) is 89.7 Å². The van der Waals surface area contributed by atoms with E-state index in [2.05, 4.69) is 216 Å². The Morgan fingerprint density at radius 2 is 1.20 bits per heavy atom. The van der Waals surface area contributed by atoms with E-state index in [4.69, 9.17) is 6.42 Å². The van der Waals surface area contributed by atoms with Gasteiger partial charge in [0, 0.05) is 59.0 Å². The zero-order valence-corrected chi connectivity index (χ0v) is 31.7. The number of fused-ring (bicyclic) bond motifs is 8. The third kappa shape index (κ3) is 5.67. The maximum Gasteiger partial charge on any atom is 0.0616 e. The first-order valence-electron chi connectivity index (χ1n) is 18.9. The summed E-state index contributed by atoms with van der Waals surface area (Å²) in [5.74, 6) is 2.99. The highest BCUT2D eigenvalue weighted by atomic mass is 32.1. The molecule has 10 aromatic rings. The summed E-state index contributed by atoms with van der Waals surface area (Å²) in [4.78, 5) is 2.37. The van der Waals surface area contributed by atoms with Gasteiger partial charge in [0.25, 0.3) is 0 Å². The molecule has 2 aromatic heterocycles. The van der Waals surface area contributed by atoms with Crippen LogP contribution < -0.4 is 4.90 Å². The summed E-state index contributed by atoms with van der Waals surface area (Å²) >= 11 is 1.84. The van der Waals surface area contributed by atoms with Crippen molar-refractivity contribution in [2.24, 2.45) is 0 Å². The van der Waals surface area contributed by atoms with Crippen LogP contribution in [0.1, 0.15) is 12.5 Å². The van der Waals surface area contributed by atoms with E-state index in [1.807, 2.05) is 11.3 Å². The molecule has 0 aliphatic heterocycles. The van der Waals surface area contributed by atoms with Crippen molar-refractivity contribution in [1.29, 1.82) is 0 Å². The molecule has 0 unspecified atom stereocenters. The van der Waals surface area contributed by atoms with Crippen LogP contribution in [0.5, 0.6) is 0 Å². The number of anilines is 3. The summed E-state index contributed by atoms with van der Waals surface area (Å²) < 4.78 is 4.92. The molecule has 10 rings (SSSR count). The molecule has 8 aromatic carbocycles. The molecule has 56 heavy (non-hydrogen) atoms. The first-order valence-corrected chi connectivity index (χ1v) is 19.7. The fourth-order valence-electron chi connectivity index (χ4n) is 8.20. The average Bonchev–Trinajstić information content (AvgIpc) is 3.82. The zero-order valence-electron chi connectivity index (χ0n) is 30.9. The van der Waals surface area contributed by atoms with Gasteiger partial charge in [-0.25, -0.2) is 0 Å². The van der Waals surface area contributed by atoms with Crippen LogP contribution in [-0.2, 0) is 0 Å². The third-order valence-electron chi connectivity index (χ3n) is 10.8.